The number of aryl methyl sites for hydroxylation is 1. The Hall–Kier alpha value is -3.29. The molecule has 1 aliphatic carbocycles. The molecule has 5 nitrogen and oxygen atoms in total. The predicted octanol–water partition coefficient (Wildman–Crippen LogP) is 7.25. The standard InChI is InChI=1S/C28H30F3NO4S/c1-17-15-20(9-10-21(17)18-5-7-19(8-6-18)28(29,30)31)36-22(16-27(2,3)4)23-11-12-24(37-23)26(35)32-14-13-25(33)34/h7-12,15,22H,5,13-14,16H2,1-4H3,(H,32,35)(H,33,34). The number of carboxylic acids is 1. The maximum Gasteiger partial charge on any atom is 0.416 e. The molecule has 37 heavy (non-hydrogen) atoms. The van der Waals surface area contributed by atoms with E-state index in [1.54, 1.807) is 12.1 Å². The molecule has 1 aromatic heterocycles. The van der Waals surface area contributed by atoms with Crippen LogP contribution in [0.25, 0.3) is 5.57 Å². The third-order valence-electron chi connectivity index (χ3n) is 5.65. The van der Waals surface area contributed by atoms with Gasteiger partial charge in [0.25, 0.3) is 5.91 Å². The van der Waals surface area contributed by atoms with Gasteiger partial charge in [-0.25, -0.2) is 0 Å². The quantitative estimate of drug-likeness (QED) is 0.333. The zero-order valence-electron chi connectivity index (χ0n) is 21.2. The molecule has 0 aliphatic heterocycles. The van der Waals surface area contributed by atoms with Crippen LogP contribution in [0.4, 0.5) is 13.2 Å². The smallest absolute Gasteiger partial charge is 0.416 e. The largest absolute Gasteiger partial charge is 0.485 e. The molecule has 9 heteroatoms. The minimum atomic E-state index is -4.38. The topological polar surface area (TPSA) is 75.6 Å². The van der Waals surface area contributed by atoms with Crippen LogP contribution >= 0.6 is 11.3 Å². The molecule has 198 valence electrons. The molecule has 1 aromatic carbocycles. The van der Waals surface area contributed by atoms with Crippen LogP contribution in [-0.4, -0.2) is 29.7 Å². The van der Waals surface area contributed by atoms with E-state index in [-0.39, 0.29) is 36.8 Å². The molecule has 1 unspecified atom stereocenters. The molecule has 2 N–H and O–H groups in total. The molecule has 1 aliphatic rings. The van der Waals surface area contributed by atoms with Gasteiger partial charge < -0.3 is 15.2 Å². The summed E-state index contributed by atoms with van der Waals surface area (Å²) >= 11 is 1.30. The normalized spacial score (nSPS) is 14.6. The Bertz CT molecular complexity index is 1260. The van der Waals surface area contributed by atoms with Crippen LogP contribution < -0.4 is 10.1 Å². The Labute approximate surface area is 218 Å². The molecule has 1 atom stereocenters. The zero-order valence-corrected chi connectivity index (χ0v) is 22.0. The van der Waals surface area contributed by atoms with Gasteiger partial charge in [-0.1, -0.05) is 32.9 Å². The second-order valence-electron chi connectivity index (χ2n) is 10.1. The van der Waals surface area contributed by atoms with Gasteiger partial charge in [0.2, 0.25) is 0 Å². The number of hydrogen-bond donors (Lipinski definition) is 2. The lowest BCUT2D eigenvalue weighted by Gasteiger charge is -2.26. The van der Waals surface area contributed by atoms with Crippen LogP contribution in [0, 0.1) is 12.3 Å². The van der Waals surface area contributed by atoms with E-state index in [0.29, 0.717) is 22.6 Å². The van der Waals surface area contributed by atoms with E-state index in [1.807, 2.05) is 25.1 Å². The summed E-state index contributed by atoms with van der Waals surface area (Å²) in [5.41, 5.74) is 4.36. The third-order valence-corrected chi connectivity index (χ3v) is 6.82. The lowest BCUT2D eigenvalue weighted by Crippen LogP contribution is -2.25. The second-order valence-corrected chi connectivity index (χ2v) is 11.2. The Balaban J connectivity index is 1.79. The van der Waals surface area contributed by atoms with Gasteiger partial charge in [-0.05, 0) is 66.6 Å². The van der Waals surface area contributed by atoms with Crippen LogP contribution in [0.2, 0.25) is 0 Å². The highest BCUT2D eigenvalue weighted by Crippen LogP contribution is 2.38. The van der Waals surface area contributed by atoms with Crippen molar-refractivity contribution in [2.24, 2.45) is 5.41 Å². The van der Waals surface area contributed by atoms with Gasteiger partial charge in [0, 0.05) is 17.0 Å². The molecule has 0 bridgehead atoms. The van der Waals surface area contributed by atoms with Crippen molar-refractivity contribution in [2.75, 3.05) is 6.54 Å². The van der Waals surface area contributed by atoms with Gasteiger partial charge in [0.1, 0.15) is 11.9 Å². The van der Waals surface area contributed by atoms with E-state index >= 15 is 0 Å². The van der Waals surface area contributed by atoms with Crippen LogP contribution in [-0.2, 0) is 4.79 Å². The van der Waals surface area contributed by atoms with Crippen molar-refractivity contribution >= 4 is 28.8 Å². The van der Waals surface area contributed by atoms with Crippen LogP contribution in [0.1, 0.15) is 71.8 Å². The molecule has 2 aromatic rings. The molecule has 3 rings (SSSR count). The number of rotatable bonds is 9. The lowest BCUT2D eigenvalue weighted by molar-refractivity contribution is -0.136. The van der Waals surface area contributed by atoms with E-state index in [1.165, 1.54) is 17.4 Å². The first-order valence-corrected chi connectivity index (χ1v) is 12.6. The number of halogens is 3. The highest BCUT2D eigenvalue weighted by atomic mass is 32.1. The number of nitrogens with one attached hydrogen (secondary N) is 1. The van der Waals surface area contributed by atoms with Crippen LogP contribution in [0.15, 0.2) is 53.8 Å². The van der Waals surface area contributed by atoms with Gasteiger partial charge in [-0.15, -0.1) is 17.1 Å². The molecular weight excluding hydrogens is 503 g/mol. The van der Waals surface area contributed by atoms with Crippen molar-refractivity contribution < 1.29 is 32.6 Å². The first kappa shape index (κ1) is 28.3. The predicted molar refractivity (Wildman–Crippen MR) is 138 cm³/mol. The number of carbonyl (C=O) groups excluding carboxylic acids is 1. The van der Waals surface area contributed by atoms with Crippen molar-refractivity contribution in [3.8, 4) is 5.75 Å². The fourth-order valence-corrected chi connectivity index (χ4v) is 4.82. The maximum absolute atomic E-state index is 12.9. The fraction of sp³-hybridized carbons (Fsp3) is 0.393. The Kier molecular flexibility index (Phi) is 8.72. The van der Waals surface area contributed by atoms with Crippen molar-refractivity contribution in [1.29, 1.82) is 0 Å². The monoisotopic (exact) mass is 533 g/mol. The van der Waals surface area contributed by atoms with Crippen molar-refractivity contribution in [3.63, 3.8) is 0 Å². The summed E-state index contributed by atoms with van der Waals surface area (Å²) in [6.45, 7) is 8.21. The lowest BCUT2D eigenvalue weighted by atomic mass is 9.88. The minimum absolute atomic E-state index is 0.0495. The molecule has 0 spiro atoms. The Morgan fingerprint density at radius 2 is 1.92 bits per heavy atom. The van der Waals surface area contributed by atoms with Gasteiger partial charge in [-0.2, -0.15) is 13.2 Å². The summed E-state index contributed by atoms with van der Waals surface area (Å²) in [6, 6.07) is 9.03. The van der Waals surface area contributed by atoms with Crippen LogP contribution in [0.5, 0.6) is 5.75 Å². The fourth-order valence-electron chi connectivity index (χ4n) is 3.87. The third kappa shape index (κ3) is 8.10. The average molecular weight is 534 g/mol. The molecule has 1 heterocycles. The minimum Gasteiger partial charge on any atom is -0.485 e. The van der Waals surface area contributed by atoms with E-state index in [4.69, 9.17) is 9.84 Å². The van der Waals surface area contributed by atoms with Crippen molar-refractivity contribution in [2.45, 2.75) is 59.2 Å². The van der Waals surface area contributed by atoms with Gasteiger partial charge in [-0.3, -0.25) is 9.59 Å². The Morgan fingerprint density at radius 1 is 1.19 bits per heavy atom. The number of carboxylic acid groups (broad SMARTS) is 1. The summed E-state index contributed by atoms with van der Waals surface area (Å²) in [5.74, 6) is -0.697. The first-order valence-electron chi connectivity index (χ1n) is 11.8. The molecular formula is C28H30F3NO4S. The molecule has 0 radical (unpaired) electrons. The highest BCUT2D eigenvalue weighted by Gasteiger charge is 2.32. The van der Waals surface area contributed by atoms with Gasteiger partial charge in [0.05, 0.1) is 16.9 Å². The summed E-state index contributed by atoms with van der Waals surface area (Å²) in [6.07, 6.45) is -1.90. The number of amides is 1. The number of aliphatic carboxylic acids is 1. The van der Waals surface area contributed by atoms with E-state index in [2.05, 4.69) is 31.8 Å². The number of hydrogen-bond acceptors (Lipinski definition) is 4. The highest BCUT2D eigenvalue weighted by molar-refractivity contribution is 7.14. The number of benzene rings is 1. The molecule has 0 saturated carbocycles. The van der Waals surface area contributed by atoms with Crippen LogP contribution in [0.3, 0.4) is 0 Å². The summed E-state index contributed by atoms with van der Waals surface area (Å²) in [4.78, 5) is 24.4. The van der Waals surface area contributed by atoms with E-state index < -0.39 is 17.7 Å². The second kappa shape index (κ2) is 11.4. The summed E-state index contributed by atoms with van der Waals surface area (Å²) in [7, 11) is 0. The number of alkyl halides is 3. The SMILES string of the molecule is Cc1cc(OC(CC(C)(C)C)c2ccc(C(=O)NCCC(=O)O)s2)ccc1C1=C=CC(C(F)(F)F)=CC1. The summed E-state index contributed by atoms with van der Waals surface area (Å²) in [5, 5.41) is 11.4. The summed E-state index contributed by atoms with van der Waals surface area (Å²) < 4.78 is 45.1. The number of ether oxygens (including phenoxy) is 1. The number of thiophene rings is 1. The zero-order chi connectivity index (χ0) is 27.4. The van der Waals surface area contributed by atoms with Crippen molar-refractivity contribution in [1.82, 2.24) is 5.32 Å². The number of carbonyl (C=O) groups is 2. The van der Waals surface area contributed by atoms with E-state index in [0.717, 1.165) is 22.1 Å². The maximum atomic E-state index is 12.9. The number of allylic oxidation sites excluding steroid dienone is 3. The van der Waals surface area contributed by atoms with Gasteiger partial charge in [0.15, 0.2) is 0 Å². The molecule has 1 amide bonds. The average Bonchev–Trinajstić information content (AvgIpc) is 3.28. The first-order chi connectivity index (χ1) is 17.2. The van der Waals surface area contributed by atoms with Gasteiger partial charge >= 0.3 is 12.1 Å². The molecule has 0 fully saturated rings. The van der Waals surface area contributed by atoms with E-state index in [9.17, 15) is 22.8 Å². The molecule has 0 saturated heterocycles. The Morgan fingerprint density at radius 3 is 2.49 bits per heavy atom. The van der Waals surface area contributed by atoms with Crippen molar-refractivity contribution in [3.05, 3.63) is 74.7 Å².